The van der Waals surface area contributed by atoms with Crippen molar-refractivity contribution in [2.45, 2.75) is 44.7 Å². The number of aryl methyl sites for hydroxylation is 1. The maximum Gasteiger partial charge on any atom is 0.0434 e. The molecule has 2 atom stereocenters. The first-order chi connectivity index (χ1) is 7.81. The first-order valence-corrected chi connectivity index (χ1v) is 6.38. The molecule has 2 aliphatic rings. The lowest BCUT2D eigenvalue weighted by Crippen LogP contribution is -2.48. The molecule has 2 unspecified atom stereocenters. The van der Waals surface area contributed by atoms with Crippen molar-refractivity contribution in [1.29, 1.82) is 0 Å². The molecule has 0 amide bonds. The molecule has 0 aliphatic carbocycles. The maximum absolute atomic E-state index is 5.92. The quantitative estimate of drug-likeness (QED) is 0.780. The summed E-state index contributed by atoms with van der Waals surface area (Å²) >= 11 is 0. The van der Waals surface area contributed by atoms with E-state index in [0.717, 1.165) is 12.6 Å². The van der Waals surface area contributed by atoms with E-state index in [1.807, 2.05) is 0 Å². The van der Waals surface area contributed by atoms with E-state index in [4.69, 9.17) is 5.73 Å². The number of benzene rings is 1. The highest BCUT2D eigenvalue weighted by atomic mass is 15.2. The van der Waals surface area contributed by atoms with Crippen molar-refractivity contribution in [2.75, 3.05) is 11.4 Å². The van der Waals surface area contributed by atoms with Gasteiger partial charge in [-0.25, -0.2) is 0 Å². The highest BCUT2D eigenvalue weighted by Gasteiger charge is 2.36. The number of rotatable bonds is 1. The maximum atomic E-state index is 5.92. The molecule has 0 aromatic heterocycles. The van der Waals surface area contributed by atoms with E-state index in [9.17, 15) is 0 Å². The second-order valence-corrected chi connectivity index (χ2v) is 5.17. The summed E-state index contributed by atoms with van der Waals surface area (Å²) in [5, 5.41) is 0. The predicted molar refractivity (Wildman–Crippen MR) is 67.8 cm³/mol. The van der Waals surface area contributed by atoms with E-state index < -0.39 is 0 Å². The number of anilines is 1. The third-order valence-corrected chi connectivity index (χ3v) is 4.17. The molecule has 3 rings (SSSR count). The van der Waals surface area contributed by atoms with Crippen LogP contribution < -0.4 is 10.6 Å². The van der Waals surface area contributed by atoms with Crippen molar-refractivity contribution < 1.29 is 0 Å². The molecule has 2 heteroatoms. The molecule has 1 aromatic rings. The van der Waals surface area contributed by atoms with Crippen molar-refractivity contribution in [2.24, 2.45) is 5.73 Å². The number of piperidine rings is 1. The number of nitrogens with zero attached hydrogens (tertiary/aromatic N) is 1. The predicted octanol–water partition coefficient (Wildman–Crippen LogP) is 2.24. The van der Waals surface area contributed by atoms with Gasteiger partial charge in [0.1, 0.15) is 0 Å². The summed E-state index contributed by atoms with van der Waals surface area (Å²) in [5.74, 6) is 0. The van der Waals surface area contributed by atoms with Gasteiger partial charge in [-0.3, -0.25) is 0 Å². The van der Waals surface area contributed by atoms with Crippen molar-refractivity contribution in [3.8, 4) is 0 Å². The van der Waals surface area contributed by atoms with Crippen LogP contribution in [0.25, 0.3) is 0 Å². The largest absolute Gasteiger partial charge is 0.364 e. The van der Waals surface area contributed by atoms with Gasteiger partial charge in [-0.2, -0.15) is 0 Å². The first kappa shape index (κ1) is 10.2. The number of hydrogen-bond acceptors (Lipinski definition) is 2. The van der Waals surface area contributed by atoms with Crippen LogP contribution >= 0.6 is 0 Å². The zero-order valence-electron chi connectivity index (χ0n) is 9.95. The highest BCUT2D eigenvalue weighted by molar-refractivity contribution is 5.65. The van der Waals surface area contributed by atoms with E-state index in [0.29, 0.717) is 6.04 Å². The Labute approximate surface area is 97.4 Å². The van der Waals surface area contributed by atoms with Crippen molar-refractivity contribution in [1.82, 2.24) is 0 Å². The molecule has 1 fully saturated rings. The number of nitrogens with two attached hydrogens (primary N) is 1. The molecule has 2 aliphatic heterocycles. The number of para-hydroxylation sites is 1. The third-order valence-electron chi connectivity index (χ3n) is 4.17. The number of fused-ring (bicyclic) bond motifs is 3. The van der Waals surface area contributed by atoms with Crippen LogP contribution in [0.3, 0.4) is 0 Å². The lowest BCUT2D eigenvalue weighted by Gasteiger charge is -2.40. The summed E-state index contributed by atoms with van der Waals surface area (Å²) in [6, 6.07) is 7.99. The fourth-order valence-electron chi connectivity index (χ4n) is 3.47. The Morgan fingerprint density at radius 2 is 2.25 bits per heavy atom. The fourth-order valence-corrected chi connectivity index (χ4v) is 3.47. The molecular formula is C14H20N2. The van der Waals surface area contributed by atoms with Crippen LogP contribution in [0.4, 0.5) is 5.69 Å². The van der Waals surface area contributed by atoms with Gasteiger partial charge in [0.25, 0.3) is 0 Å². The van der Waals surface area contributed by atoms with E-state index in [1.165, 1.54) is 42.5 Å². The summed E-state index contributed by atoms with van der Waals surface area (Å²) in [6.45, 7) is 3.02. The summed E-state index contributed by atoms with van der Waals surface area (Å²) < 4.78 is 0. The smallest absolute Gasteiger partial charge is 0.0434 e. The molecule has 2 N–H and O–H groups in total. The standard InChI is InChI=1S/C14H20N2/c1-10-4-2-5-11-8-12-6-3-7-13(9-15)16(12)14(10)11/h2,4-5,12-13H,3,6-9,15H2,1H3. The molecule has 0 spiro atoms. The van der Waals surface area contributed by atoms with E-state index in [1.54, 1.807) is 0 Å². The Morgan fingerprint density at radius 3 is 3.06 bits per heavy atom. The number of hydrogen-bond donors (Lipinski definition) is 1. The Hall–Kier alpha value is -1.02. The topological polar surface area (TPSA) is 29.3 Å². The van der Waals surface area contributed by atoms with Gasteiger partial charge in [-0.05, 0) is 43.7 Å². The average molecular weight is 216 g/mol. The Bertz CT molecular complexity index is 394. The van der Waals surface area contributed by atoms with Crippen LogP contribution in [0, 0.1) is 6.92 Å². The fraction of sp³-hybridized carbons (Fsp3) is 0.571. The van der Waals surface area contributed by atoms with Crippen LogP contribution in [0.5, 0.6) is 0 Å². The van der Waals surface area contributed by atoms with E-state index in [-0.39, 0.29) is 0 Å². The molecule has 86 valence electrons. The second-order valence-electron chi connectivity index (χ2n) is 5.17. The summed E-state index contributed by atoms with van der Waals surface area (Å²) in [5.41, 5.74) is 10.4. The molecule has 0 bridgehead atoms. The zero-order valence-corrected chi connectivity index (χ0v) is 9.95. The first-order valence-electron chi connectivity index (χ1n) is 6.38. The van der Waals surface area contributed by atoms with Gasteiger partial charge in [0, 0.05) is 24.3 Å². The van der Waals surface area contributed by atoms with Crippen molar-refractivity contribution in [3.05, 3.63) is 29.3 Å². The molecular weight excluding hydrogens is 196 g/mol. The van der Waals surface area contributed by atoms with Crippen LogP contribution in [-0.4, -0.2) is 18.6 Å². The minimum absolute atomic E-state index is 0.570. The molecule has 0 radical (unpaired) electrons. The average Bonchev–Trinajstić information content (AvgIpc) is 2.68. The van der Waals surface area contributed by atoms with Gasteiger partial charge < -0.3 is 10.6 Å². The van der Waals surface area contributed by atoms with Gasteiger partial charge in [0.2, 0.25) is 0 Å². The van der Waals surface area contributed by atoms with Crippen LogP contribution in [-0.2, 0) is 6.42 Å². The molecule has 2 nitrogen and oxygen atoms in total. The van der Waals surface area contributed by atoms with Crippen LogP contribution in [0.2, 0.25) is 0 Å². The molecule has 16 heavy (non-hydrogen) atoms. The lowest BCUT2D eigenvalue weighted by molar-refractivity contribution is 0.398. The Balaban J connectivity index is 2.05. The van der Waals surface area contributed by atoms with Crippen molar-refractivity contribution >= 4 is 5.69 Å². The summed E-state index contributed by atoms with van der Waals surface area (Å²) in [6.07, 6.45) is 5.18. The second kappa shape index (κ2) is 3.77. The molecule has 2 heterocycles. The van der Waals surface area contributed by atoms with Gasteiger partial charge >= 0.3 is 0 Å². The molecule has 1 aromatic carbocycles. The van der Waals surface area contributed by atoms with Crippen LogP contribution in [0.1, 0.15) is 30.4 Å². The van der Waals surface area contributed by atoms with Crippen molar-refractivity contribution in [3.63, 3.8) is 0 Å². The zero-order chi connectivity index (χ0) is 11.1. The molecule has 1 saturated heterocycles. The lowest BCUT2D eigenvalue weighted by atomic mass is 9.96. The van der Waals surface area contributed by atoms with E-state index in [2.05, 4.69) is 30.0 Å². The van der Waals surface area contributed by atoms with Gasteiger partial charge in [-0.15, -0.1) is 0 Å². The monoisotopic (exact) mass is 216 g/mol. The normalized spacial score (nSPS) is 27.8. The van der Waals surface area contributed by atoms with Gasteiger partial charge in [0.15, 0.2) is 0 Å². The Morgan fingerprint density at radius 1 is 1.38 bits per heavy atom. The highest BCUT2D eigenvalue weighted by Crippen LogP contribution is 2.41. The van der Waals surface area contributed by atoms with E-state index >= 15 is 0 Å². The minimum Gasteiger partial charge on any atom is -0.364 e. The molecule has 0 saturated carbocycles. The van der Waals surface area contributed by atoms with Crippen LogP contribution in [0.15, 0.2) is 18.2 Å². The SMILES string of the molecule is Cc1cccc2c1N1C(CN)CCCC1C2. The van der Waals surface area contributed by atoms with Gasteiger partial charge in [-0.1, -0.05) is 18.2 Å². The third kappa shape index (κ3) is 1.36. The van der Waals surface area contributed by atoms with Gasteiger partial charge in [0.05, 0.1) is 0 Å². The minimum atomic E-state index is 0.570. The summed E-state index contributed by atoms with van der Waals surface area (Å²) in [4.78, 5) is 2.62. The summed E-state index contributed by atoms with van der Waals surface area (Å²) in [7, 11) is 0. The Kier molecular flexibility index (Phi) is 2.40.